The first-order chi connectivity index (χ1) is 28.1. The number of methoxy groups -OCH3 is 6. The highest BCUT2D eigenvalue weighted by Gasteiger charge is 2.12. The highest BCUT2D eigenvalue weighted by Crippen LogP contribution is 2.35. The lowest BCUT2D eigenvalue weighted by atomic mass is 10.0. The summed E-state index contributed by atoms with van der Waals surface area (Å²) in [5, 5.41) is 0. The van der Waals surface area contributed by atoms with E-state index in [-0.39, 0.29) is 0 Å². The molecule has 6 rings (SSSR count). The van der Waals surface area contributed by atoms with Crippen molar-refractivity contribution in [2.24, 2.45) is 0 Å². The lowest BCUT2D eigenvalue weighted by Crippen LogP contribution is -1.98. The van der Waals surface area contributed by atoms with Gasteiger partial charge in [0.1, 0.15) is 57.5 Å². The summed E-state index contributed by atoms with van der Waals surface area (Å²) >= 11 is 7.44. The summed E-state index contributed by atoms with van der Waals surface area (Å²) in [5.74, 6) is 7.34. The molecule has 0 spiro atoms. The summed E-state index contributed by atoms with van der Waals surface area (Å²) in [5.41, 5.74) is 6.65. The van der Waals surface area contributed by atoms with Gasteiger partial charge >= 0.3 is 0 Å². The number of benzene rings is 6. The van der Waals surface area contributed by atoms with E-state index >= 15 is 0 Å². The first-order valence-corrected chi connectivity index (χ1v) is 20.5. The van der Waals surface area contributed by atoms with Crippen molar-refractivity contribution in [3.05, 3.63) is 152 Å². The van der Waals surface area contributed by atoms with E-state index in [1.165, 1.54) is 0 Å². The first kappa shape index (κ1) is 42.3. The molecule has 10 heteroatoms. The molecule has 0 bridgehead atoms. The van der Waals surface area contributed by atoms with Gasteiger partial charge in [0, 0.05) is 33.2 Å². The van der Waals surface area contributed by atoms with E-state index in [9.17, 15) is 0 Å². The van der Waals surface area contributed by atoms with Gasteiger partial charge in [0.2, 0.25) is 0 Å². The molecule has 0 amide bonds. The molecule has 0 heterocycles. The third kappa shape index (κ3) is 12.1. The Kier molecular flexibility index (Phi) is 14.9. The number of rotatable bonds is 19. The van der Waals surface area contributed by atoms with E-state index in [1.807, 2.05) is 72.8 Å². The standard InChI is InChI=1S/C48H48Br2O8/c1-51-39-15-33(16-40(27-39)52-2)9-7-31-13-37(49)25-45(21-31)57-47-23-36(12-11-35-19-43(55-5)29-44(20-35)56-6)24-48(30-47)58-46-22-32(14-38(50)26-46)8-10-34-17-41(53-3)28-42(18-34)54-4/h13-30H,7-12H2,1-6H3. The first-order valence-electron chi connectivity index (χ1n) is 18.9. The van der Waals surface area contributed by atoms with Crippen LogP contribution in [0.2, 0.25) is 0 Å². The maximum Gasteiger partial charge on any atom is 0.131 e. The Bertz CT molecular complexity index is 2130. The normalized spacial score (nSPS) is 10.8. The van der Waals surface area contributed by atoms with Gasteiger partial charge in [-0.2, -0.15) is 0 Å². The summed E-state index contributed by atoms with van der Waals surface area (Å²) < 4.78 is 48.1. The quantitative estimate of drug-likeness (QED) is 0.0796. The molecule has 0 fully saturated rings. The molecule has 6 aromatic carbocycles. The van der Waals surface area contributed by atoms with Crippen molar-refractivity contribution in [3.8, 4) is 57.5 Å². The minimum atomic E-state index is 0.666. The number of halogens is 2. The van der Waals surface area contributed by atoms with E-state index < -0.39 is 0 Å². The molecular formula is C48H48Br2O8. The zero-order valence-electron chi connectivity index (χ0n) is 33.7. The van der Waals surface area contributed by atoms with Crippen molar-refractivity contribution >= 4 is 31.9 Å². The topological polar surface area (TPSA) is 73.8 Å². The van der Waals surface area contributed by atoms with Gasteiger partial charge in [-0.05, 0) is 157 Å². The van der Waals surface area contributed by atoms with Gasteiger partial charge in [-0.25, -0.2) is 0 Å². The fourth-order valence-corrected chi connectivity index (χ4v) is 7.75. The number of ether oxygens (including phenoxy) is 8. The van der Waals surface area contributed by atoms with Crippen LogP contribution in [0.25, 0.3) is 0 Å². The van der Waals surface area contributed by atoms with E-state index in [4.69, 9.17) is 37.9 Å². The SMILES string of the molecule is COc1cc(CCc2cc(Br)cc(Oc3cc(CCc4cc(OC)cc(OC)c4)cc(Oc4cc(Br)cc(CCc5cc(OC)cc(OC)c5)c4)c3)c2)cc(OC)c1. The van der Waals surface area contributed by atoms with E-state index in [1.54, 1.807) is 42.7 Å². The largest absolute Gasteiger partial charge is 0.497 e. The minimum absolute atomic E-state index is 0.666. The molecule has 0 N–H and O–H groups in total. The fourth-order valence-electron chi connectivity index (χ4n) is 6.71. The molecule has 0 saturated carbocycles. The van der Waals surface area contributed by atoms with E-state index in [0.717, 1.165) is 115 Å². The highest BCUT2D eigenvalue weighted by atomic mass is 79.9. The van der Waals surface area contributed by atoms with Crippen molar-refractivity contribution in [3.63, 3.8) is 0 Å². The van der Waals surface area contributed by atoms with Gasteiger partial charge in [-0.3, -0.25) is 0 Å². The Morgan fingerprint density at radius 3 is 0.690 bits per heavy atom. The minimum Gasteiger partial charge on any atom is -0.497 e. The second kappa shape index (κ2) is 20.4. The zero-order valence-corrected chi connectivity index (χ0v) is 36.8. The average Bonchev–Trinajstić information content (AvgIpc) is 3.23. The van der Waals surface area contributed by atoms with Crippen molar-refractivity contribution in [1.29, 1.82) is 0 Å². The Morgan fingerprint density at radius 1 is 0.259 bits per heavy atom. The fraction of sp³-hybridized carbons (Fsp3) is 0.250. The molecule has 302 valence electrons. The maximum absolute atomic E-state index is 6.62. The molecule has 0 saturated heterocycles. The lowest BCUT2D eigenvalue weighted by molar-refractivity contribution is 0.393. The molecular weight excluding hydrogens is 864 g/mol. The van der Waals surface area contributed by atoms with E-state index in [2.05, 4.69) is 68.3 Å². The molecule has 6 aromatic rings. The van der Waals surface area contributed by atoms with Crippen molar-refractivity contribution in [2.45, 2.75) is 38.5 Å². The van der Waals surface area contributed by atoms with Crippen LogP contribution in [0.1, 0.15) is 33.4 Å². The van der Waals surface area contributed by atoms with Crippen molar-refractivity contribution < 1.29 is 37.9 Å². The van der Waals surface area contributed by atoms with Crippen molar-refractivity contribution in [2.75, 3.05) is 42.7 Å². The van der Waals surface area contributed by atoms with Crippen LogP contribution in [-0.4, -0.2) is 42.7 Å². The summed E-state index contributed by atoms with van der Waals surface area (Å²) in [6, 6.07) is 36.3. The number of aryl methyl sites for hydroxylation is 6. The zero-order chi connectivity index (χ0) is 41.0. The Hall–Kier alpha value is -5.32. The van der Waals surface area contributed by atoms with Gasteiger partial charge in [-0.15, -0.1) is 0 Å². The Morgan fingerprint density at radius 2 is 0.448 bits per heavy atom. The predicted octanol–water partition coefficient (Wildman–Crippen LogP) is 12.2. The lowest BCUT2D eigenvalue weighted by Gasteiger charge is -2.15. The third-order valence-electron chi connectivity index (χ3n) is 9.61. The Balaban J connectivity index is 1.25. The smallest absolute Gasteiger partial charge is 0.131 e. The summed E-state index contributed by atoms with van der Waals surface area (Å²) in [7, 11) is 9.98. The molecule has 0 aromatic heterocycles. The molecule has 0 unspecified atom stereocenters. The molecule has 0 atom stereocenters. The van der Waals surface area contributed by atoms with Gasteiger partial charge in [-0.1, -0.05) is 31.9 Å². The molecule has 0 aliphatic heterocycles. The monoisotopic (exact) mass is 910 g/mol. The average molecular weight is 913 g/mol. The van der Waals surface area contributed by atoms with Crippen LogP contribution in [-0.2, 0) is 38.5 Å². The predicted molar refractivity (Wildman–Crippen MR) is 236 cm³/mol. The van der Waals surface area contributed by atoms with Crippen LogP contribution < -0.4 is 37.9 Å². The summed E-state index contributed by atoms with van der Waals surface area (Å²) in [6.45, 7) is 0. The number of hydrogen-bond donors (Lipinski definition) is 0. The van der Waals surface area contributed by atoms with Crippen molar-refractivity contribution in [1.82, 2.24) is 0 Å². The molecule has 0 aliphatic rings. The second-order valence-corrected chi connectivity index (χ2v) is 15.6. The van der Waals surface area contributed by atoms with Gasteiger partial charge in [0.25, 0.3) is 0 Å². The second-order valence-electron chi connectivity index (χ2n) is 13.8. The van der Waals surface area contributed by atoms with E-state index in [0.29, 0.717) is 23.0 Å². The van der Waals surface area contributed by atoms with Crippen LogP contribution in [0, 0.1) is 0 Å². The summed E-state index contributed by atoms with van der Waals surface area (Å²) in [6.07, 6.45) is 4.67. The highest BCUT2D eigenvalue weighted by molar-refractivity contribution is 9.10. The van der Waals surface area contributed by atoms with Crippen LogP contribution >= 0.6 is 31.9 Å². The van der Waals surface area contributed by atoms with Crippen LogP contribution in [0.4, 0.5) is 0 Å². The Labute approximate surface area is 358 Å². The van der Waals surface area contributed by atoms with Crippen LogP contribution in [0.3, 0.4) is 0 Å². The molecule has 0 aliphatic carbocycles. The van der Waals surface area contributed by atoms with Gasteiger partial charge in [0.05, 0.1) is 42.7 Å². The molecule has 8 nitrogen and oxygen atoms in total. The molecule has 0 radical (unpaired) electrons. The summed E-state index contributed by atoms with van der Waals surface area (Å²) in [4.78, 5) is 0. The van der Waals surface area contributed by atoms with Gasteiger partial charge < -0.3 is 37.9 Å². The van der Waals surface area contributed by atoms with Crippen LogP contribution in [0.5, 0.6) is 57.5 Å². The number of hydrogen-bond acceptors (Lipinski definition) is 8. The molecule has 58 heavy (non-hydrogen) atoms. The van der Waals surface area contributed by atoms with Crippen LogP contribution in [0.15, 0.2) is 118 Å². The maximum atomic E-state index is 6.62. The van der Waals surface area contributed by atoms with Gasteiger partial charge in [0.15, 0.2) is 0 Å². The third-order valence-corrected chi connectivity index (χ3v) is 10.5.